The van der Waals surface area contributed by atoms with E-state index < -0.39 is 0 Å². The molecule has 2 rings (SSSR count). The molecule has 0 aromatic carbocycles. The van der Waals surface area contributed by atoms with Gasteiger partial charge in [0, 0.05) is 18.8 Å². The van der Waals surface area contributed by atoms with Crippen LogP contribution in [0.1, 0.15) is 49.4 Å². The number of nitrogens with one attached hydrogen (secondary N) is 2. The predicted octanol–water partition coefficient (Wildman–Crippen LogP) is 1.08. The van der Waals surface area contributed by atoms with Crippen LogP contribution in [0, 0.1) is 5.92 Å². The minimum Gasteiger partial charge on any atom is -0.352 e. The number of hydrogen-bond donors (Lipinski definition) is 3. The molecule has 0 radical (unpaired) electrons. The molecule has 7 nitrogen and oxygen atoms in total. The zero-order valence-corrected chi connectivity index (χ0v) is 15.0. The summed E-state index contributed by atoms with van der Waals surface area (Å²) in [7, 11) is 0. The summed E-state index contributed by atoms with van der Waals surface area (Å²) in [5.74, 6) is -0.0109. The van der Waals surface area contributed by atoms with E-state index >= 15 is 0 Å². The molecule has 1 fully saturated rings. The highest BCUT2D eigenvalue weighted by molar-refractivity contribution is 5.93. The van der Waals surface area contributed by atoms with E-state index in [1.165, 1.54) is 30.1 Å². The van der Waals surface area contributed by atoms with Crippen molar-refractivity contribution in [2.45, 2.75) is 51.6 Å². The number of carbonyl (C=O) groups is 2. The quantitative estimate of drug-likeness (QED) is 0.679. The summed E-state index contributed by atoms with van der Waals surface area (Å²) in [5, 5.41) is 9.94. The van der Waals surface area contributed by atoms with E-state index in [1.807, 2.05) is 6.92 Å². The second-order valence-corrected chi connectivity index (χ2v) is 6.38. The van der Waals surface area contributed by atoms with Crippen molar-refractivity contribution >= 4 is 24.2 Å². The zero-order chi connectivity index (χ0) is 16.7. The number of aromatic nitrogens is 2. The normalized spacial score (nSPS) is 16.1. The number of nitrogens with two attached hydrogens (primary N) is 1. The molecular formula is C16H28ClN5O2. The topological polar surface area (TPSA) is 102 Å². The Hall–Kier alpha value is -1.60. The Kier molecular flexibility index (Phi) is 8.78. The molecule has 24 heavy (non-hydrogen) atoms. The molecule has 0 saturated heterocycles. The van der Waals surface area contributed by atoms with Crippen LogP contribution in [-0.4, -0.2) is 40.7 Å². The van der Waals surface area contributed by atoms with Gasteiger partial charge in [0.2, 0.25) is 5.91 Å². The van der Waals surface area contributed by atoms with Gasteiger partial charge in [0.05, 0.1) is 11.8 Å². The molecule has 1 aliphatic carbocycles. The molecule has 1 saturated carbocycles. The molecule has 4 N–H and O–H groups in total. The lowest BCUT2D eigenvalue weighted by Crippen LogP contribution is -2.38. The number of rotatable bonds is 7. The minimum absolute atomic E-state index is 0. The maximum absolute atomic E-state index is 12.0. The van der Waals surface area contributed by atoms with Gasteiger partial charge < -0.3 is 16.4 Å². The molecule has 1 aromatic heterocycles. The van der Waals surface area contributed by atoms with Crippen LogP contribution >= 0.6 is 12.4 Å². The lowest BCUT2D eigenvalue weighted by Gasteiger charge is -2.22. The van der Waals surface area contributed by atoms with Crippen LogP contribution in [0.3, 0.4) is 0 Å². The van der Waals surface area contributed by atoms with Crippen LogP contribution in [0.2, 0.25) is 0 Å². The van der Waals surface area contributed by atoms with Gasteiger partial charge in [-0.25, -0.2) is 0 Å². The largest absolute Gasteiger partial charge is 0.352 e. The first-order valence-corrected chi connectivity index (χ1v) is 8.38. The first-order chi connectivity index (χ1) is 11.1. The Balaban J connectivity index is 0.00000288. The molecule has 2 amide bonds. The molecular weight excluding hydrogens is 330 g/mol. The first kappa shape index (κ1) is 20.4. The Labute approximate surface area is 149 Å². The van der Waals surface area contributed by atoms with Gasteiger partial charge in [-0.3, -0.25) is 14.3 Å². The van der Waals surface area contributed by atoms with Crippen LogP contribution in [-0.2, 0) is 11.3 Å². The Morgan fingerprint density at radius 3 is 2.75 bits per heavy atom. The maximum atomic E-state index is 12.0. The summed E-state index contributed by atoms with van der Waals surface area (Å²) < 4.78 is 1.50. The smallest absolute Gasteiger partial charge is 0.254 e. The molecule has 8 heteroatoms. The highest BCUT2D eigenvalue weighted by atomic mass is 35.5. The standard InChI is InChI=1S/C16H27N5O2.ClH/c1-12(7-17)8-18-16(23)13-9-19-21(10-13)11-15(22)20-14-5-3-2-4-6-14;/h9-10,12,14H,2-8,11,17H2,1H3,(H,18,23)(H,20,22);1H. The number of nitrogens with zero attached hydrogens (tertiary/aromatic N) is 2. The minimum atomic E-state index is -0.191. The van der Waals surface area contributed by atoms with E-state index in [0.29, 0.717) is 18.7 Å². The molecule has 0 aliphatic heterocycles. The van der Waals surface area contributed by atoms with E-state index in [-0.39, 0.29) is 42.7 Å². The van der Waals surface area contributed by atoms with Crippen molar-refractivity contribution < 1.29 is 9.59 Å². The van der Waals surface area contributed by atoms with Crippen LogP contribution in [0.25, 0.3) is 0 Å². The zero-order valence-electron chi connectivity index (χ0n) is 14.2. The summed E-state index contributed by atoms with van der Waals surface area (Å²) in [6.45, 7) is 3.17. The van der Waals surface area contributed by atoms with Gasteiger partial charge in [0.25, 0.3) is 5.91 Å². The summed E-state index contributed by atoms with van der Waals surface area (Å²) >= 11 is 0. The molecule has 1 aromatic rings. The Morgan fingerprint density at radius 2 is 2.08 bits per heavy atom. The average molecular weight is 358 g/mol. The van der Waals surface area contributed by atoms with Crippen LogP contribution in [0.15, 0.2) is 12.4 Å². The van der Waals surface area contributed by atoms with E-state index in [4.69, 9.17) is 5.73 Å². The van der Waals surface area contributed by atoms with E-state index in [2.05, 4.69) is 15.7 Å². The fraction of sp³-hybridized carbons (Fsp3) is 0.688. The van der Waals surface area contributed by atoms with Gasteiger partial charge in [-0.15, -0.1) is 12.4 Å². The second-order valence-electron chi connectivity index (χ2n) is 6.38. The highest BCUT2D eigenvalue weighted by Crippen LogP contribution is 2.17. The summed E-state index contributed by atoms with van der Waals surface area (Å²) in [6, 6.07) is 0.285. The molecule has 1 heterocycles. The third-order valence-corrected chi connectivity index (χ3v) is 4.18. The van der Waals surface area contributed by atoms with Crippen molar-refractivity contribution in [3.8, 4) is 0 Å². The fourth-order valence-electron chi connectivity index (χ4n) is 2.69. The monoisotopic (exact) mass is 357 g/mol. The van der Waals surface area contributed by atoms with Gasteiger partial charge in [-0.05, 0) is 25.3 Å². The fourth-order valence-corrected chi connectivity index (χ4v) is 2.69. The molecule has 0 bridgehead atoms. The van der Waals surface area contributed by atoms with Crippen molar-refractivity contribution in [1.82, 2.24) is 20.4 Å². The van der Waals surface area contributed by atoms with Gasteiger partial charge in [-0.2, -0.15) is 5.10 Å². The van der Waals surface area contributed by atoms with Crippen molar-refractivity contribution in [3.05, 3.63) is 18.0 Å². The third kappa shape index (κ3) is 6.49. The lowest BCUT2D eigenvalue weighted by molar-refractivity contribution is -0.122. The third-order valence-electron chi connectivity index (χ3n) is 4.18. The summed E-state index contributed by atoms with van der Waals surface area (Å²) in [5.41, 5.74) is 5.98. The molecule has 136 valence electrons. The number of carbonyl (C=O) groups excluding carboxylic acids is 2. The average Bonchev–Trinajstić information content (AvgIpc) is 3.01. The number of amides is 2. The van der Waals surface area contributed by atoms with Crippen molar-refractivity contribution in [2.24, 2.45) is 11.7 Å². The van der Waals surface area contributed by atoms with Gasteiger partial charge in [-0.1, -0.05) is 26.2 Å². The van der Waals surface area contributed by atoms with Crippen LogP contribution in [0.5, 0.6) is 0 Å². The van der Waals surface area contributed by atoms with E-state index in [9.17, 15) is 9.59 Å². The number of halogens is 1. The van der Waals surface area contributed by atoms with Gasteiger partial charge in [0.15, 0.2) is 0 Å². The predicted molar refractivity (Wildman–Crippen MR) is 95.0 cm³/mol. The van der Waals surface area contributed by atoms with Gasteiger partial charge in [0.1, 0.15) is 6.54 Å². The molecule has 1 aliphatic rings. The van der Waals surface area contributed by atoms with Gasteiger partial charge >= 0.3 is 0 Å². The maximum Gasteiger partial charge on any atom is 0.254 e. The van der Waals surface area contributed by atoms with Crippen LogP contribution in [0.4, 0.5) is 0 Å². The van der Waals surface area contributed by atoms with Crippen LogP contribution < -0.4 is 16.4 Å². The molecule has 1 unspecified atom stereocenters. The first-order valence-electron chi connectivity index (χ1n) is 8.38. The van der Waals surface area contributed by atoms with Crippen molar-refractivity contribution in [2.75, 3.05) is 13.1 Å². The second kappa shape index (κ2) is 10.3. The molecule has 1 atom stereocenters. The van der Waals surface area contributed by atoms with Crippen molar-refractivity contribution in [3.63, 3.8) is 0 Å². The summed E-state index contributed by atoms with van der Waals surface area (Å²) in [4.78, 5) is 24.0. The lowest BCUT2D eigenvalue weighted by atomic mass is 9.95. The van der Waals surface area contributed by atoms with E-state index in [0.717, 1.165) is 12.8 Å². The van der Waals surface area contributed by atoms with Crippen molar-refractivity contribution in [1.29, 1.82) is 0 Å². The Morgan fingerprint density at radius 1 is 1.38 bits per heavy atom. The SMILES string of the molecule is CC(CN)CNC(=O)c1cnn(CC(=O)NC2CCCCC2)c1.Cl. The highest BCUT2D eigenvalue weighted by Gasteiger charge is 2.16. The number of hydrogen-bond acceptors (Lipinski definition) is 4. The molecule has 0 spiro atoms. The van der Waals surface area contributed by atoms with E-state index in [1.54, 1.807) is 6.20 Å². The summed E-state index contributed by atoms with van der Waals surface area (Å²) in [6.07, 6.45) is 8.80. The Bertz CT molecular complexity index is 528.